The number of nitrogens with zero attached hydrogens (tertiary/aromatic N) is 2. The highest BCUT2D eigenvalue weighted by atomic mass is 32.2. The van der Waals surface area contributed by atoms with Crippen molar-refractivity contribution in [1.29, 1.82) is 0 Å². The molecule has 0 atom stereocenters. The molecule has 0 radical (unpaired) electrons. The SMILES string of the molecule is Cc1cc2c(cc1NC(=O)c1ccccc1C(F)(F)F)N(C)S(=O)(=O)N2C. The van der Waals surface area contributed by atoms with Crippen molar-refractivity contribution in [1.82, 2.24) is 0 Å². The molecule has 2 aromatic rings. The topological polar surface area (TPSA) is 69.7 Å². The maximum atomic E-state index is 13.1. The minimum Gasteiger partial charge on any atom is -0.322 e. The molecule has 0 saturated carbocycles. The summed E-state index contributed by atoms with van der Waals surface area (Å²) in [6.45, 7) is 1.63. The van der Waals surface area contributed by atoms with Crippen LogP contribution in [0.1, 0.15) is 21.5 Å². The number of hydrogen-bond donors (Lipinski definition) is 1. The zero-order valence-corrected chi connectivity index (χ0v) is 15.4. The molecule has 1 aliphatic rings. The normalized spacial score (nSPS) is 15.6. The Bertz CT molecular complexity index is 1040. The monoisotopic (exact) mass is 399 g/mol. The van der Waals surface area contributed by atoms with Crippen molar-refractivity contribution < 1.29 is 26.4 Å². The van der Waals surface area contributed by atoms with Gasteiger partial charge in [0.25, 0.3) is 5.91 Å². The number of carbonyl (C=O) groups is 1. The van der Waals surface area contributed by atoms with Gasteiger partial charge in [0.1, 0.15) is 0 Å². The van der Waals surface area contributed by atoms with Crippen LogP contribution in [0.2, 0.25) is 0 Å². The van der Waals surface area contributed by atoms with Crippen molar-refractivity contribution in [3.8, 4) is 0 Å². The maximum Gasteiger partial charge on any atom is 0.417 e. The number of carbonyl (C=O) groups excluding carboxylic acids is 1. The van der Waals surface area contributed by atoms with Gasteiger partial charge in [0.05, 0.1) is 22.5 Å². The van der Waals surface area contributed by atoms with Gasteiger partial charge in [0.2, 0.25) is 0 Å². The Morgan fingerprint density at radius 2 is 1.59 bits per heavy atom. The zero-order chi connectivity index (χ0) is 20.1. The van der Waals surface area contributed by atoms with Crippen LogP contribution in [0.25, 0.3) is 0 Å². The van der Waals surface area contributed by atoms with Crippen LogP contribution in [-0.2, 0) is 16.4 Å². The summed E-state index contributed by atoms with van der Waals surface area (Å²) >= 11 is 0. The summed E-state index contributed by atoms with van der Waals surface area (Å²) in [4.78, 5) is 12.5. The van der Waals surface area contributed by atoms with Crippen molar-refractivity contribution in [3.05, 3.63) is 53.1 Å². The first-order valence-corrected chi connectivity index (χ1v) is 9.19. The average molecular weight is 399 g/mol. The number of anilines is 3. The summed E-state index contributed by atoms with van der Waals surface area (Å²) in [5.74, 6) is -0.928. The first-order chi connectivity index (χ1) is 12.4. The molecule has 0 bridgehead atoms. The summed E-state index contributed by atoms with van der Waals surface area (Å²) in [6, 6.07) is 7.46. The lowest BCUT2D eigenvalue weighted by Gasteiger charge is -2.15. The third kappa shape index (κ3) is 3.09. The van der Waals surface area contributed by atoms with E-state index in [2.05, 4.69) is 5.32 Å². The molecule has 0 spiro atoms. The standard InChI is InChI=1S/C17H16F3N3O3S/c1-10-8-14-15(23(3)27(25,26)22(14)2)9-13(10)21-16(24)11-6-4-5-7-12(11)17(18,19)20/h4-9H,1-3H3,(H,21,24). The number of benzene rings is 2. The summed E-state index contributed by atoms with van der Waals surface area (Å²) < 4.78 is 65.9. The number of fused-ring (bicyclic) bond motifs is 1. The molecule has 0 unspecified atom stereocenters. The third-order valence-corrected chi connectivity index (χ3v) is 6.20. The zero-order valence-electron chi connectivity index (χ0n) is 14.6. The summed E-state index contributed by atoms with van der Waals surface area (Å²) in [6.07, 6.45) is -4.67. The first-order valence-electron chi connectivity index (χ1n) is 7.79. The minimum absolute atomic E-state index is 0.230. The van der Waals surface area contributed by atoms with Gasteiger partial charge >= 0.3 is 16.4 Å². The number of nitrogens with one attached hydrogen (secondary N) is 1. The number of hydrogen-bond acceptors (Lipinski definition) is 3. The van der Waals surface area contributed by atoms with Crippen LogP contribution in [0.4, 0.5) is 30.2 Å². The highest BCUT2D eigenvalue weighted by Crippen LogP contribution is 2.42. The van der Waals surface area contributed by atoms with Gasteiger partial charge < -0.3 is 5.32 Å². The van der Waals surface area contributed by atoms with E-state index in [-0.39, 0.29) is 5.69 Å². The van der Waals surface area contributed by atoms with E-state index in [1.54, 1.807) is 13.0 Å². The van der Waals surface area contributed by atoms with Gasteiger partial charge in [0, 0.05) is 19.8 Å². The fourth-order valence-electron chi connectivity index (χ4n) is 2.87. The van der Waals surface area contributed by atoms with Crippen LogP contribution in [0, 0.1) is 6.92 Å². The Labute approximate surface area is 154 Å². The molecule has 1 heterocycles. The largest absolute Gasteiger partial charge is 0.417 e. The van der Waals surface area contributed by atoms with Crippen LogP contribution in [0.3, 0.4) is 0 Å². The molecule has 6 nitrogen and oxygen atoms in total. The average Bonchev–Trinajstić information content (AvgIpc) is 2.75. The van der Waals surface area contributed by atoms with Crippen molar-refractivity contribution in [3.63, 3.8) is 0 Å². The molecule has 2 aromatic carbocycles. The Balaban J connectivity index is 2.00. The van der Waals surface area contributed by atoms with E-state index in [1.165, 1.54) is 32.3 Å². The van der Waals surface area contributed by atoms with Crippen LogP contribution in [0.15, 0.2) is 36.4 Å². The van der Waals surface area contributed by atoms with Crippen molar-refractivity contribution in [2.75, 3.05) is 28.0 Å². The fourth-order valence-corrected chi connectivity index (χ4v) is 4.03. The molecule has 1 aliphatic heterocycles. The Hall–Kier alpha value is -2.75. The second-order valence-corrected chi connectivity index (χ2v) is 8.09. The molecular formula is C17H16F3N3O3S. The number of halogens is 3. The molecule has 144 valence electrons. The summed E-state index contributed by atoms with van der Waals surface area (Å²) in [5, 5.41) is 2.45. The van der Waals surface area contributed by atoms with E-state index in [0.29, 0.717) is 16.9 Å². The molecule has 27 heavy (non-hydrogen) atoms. The number of aryl methyl sites for hydroxylation is 1. The predicted octanol–water partition coefficient (Wildman–Crippen LogP) is 3.40. The lowest BCUT2D eigenvalue weighted by molar-refractivity contribution is -0.137. The maximum absolute atomic E-state index is 13.1. The molecule has 0 saturated heterocycles. The van der Waals surface area contributed by atoms with E-state index < -0.39 is 33.4 Å². The lowest BCUT2D eigenvalue weighted by Crippen LogP contribution is -2.32. The molecule has 10 heteroatoms. The van der Waals surface area contributed by atoms with E-state index >= 15 is 0 Å². The van der Waals surface area contributed by atoms with Gasteiger partial charge in [-0.15, -0.1) is 0 Å². The van der Waals surface area contributed by atoms with Crippen LogP contribution in [0.5, 0.6) is 0 Å². The second-order valence-electron chi connectivity index (χ2n) is 6.10. The van der Waals surface area contributed by atoms with E-state index in [1.807, 2.05) is 0 Å². The number of rotatable bonds is 2. The van der Waals surface area contributed by atoms with Gasteiger partial charge in [0.15, 0.2) is 0 Å². The molecular weight excluding hydrogens is 383 g/mol. The molecule has 1 N–H and O–H groups in total. The van der Waals surface area contributed by atoms with E-state index in [0.717, 1.165) is 20.7 Å². The summed E-state index contributed by atoms with van der Waals surface area (Å²) in [5.41, 5.74) is -0.0630. The van der Waals surface area contributed by atoms with Crippen molar-refractivity contribution in [2.45, 2.75) is 13.1 Å². The first kappa shape index (κ1) is 19.0. The van der Waals surface area contributed by atoms with Gasteiger partial charge in [-0.3, -0.25) is 13.4 Å². The quantitative estimate of drug-likeness (QED) is 0.842. The van der Waals surface area contributed by atoms with E-state index in [9.17, 15) is 26.4 Å². The van der Waals surface area contributed by atoms with E-state index in [4.69, 9.17) is 0 Å². The third-order valence-electron chi connectivity index (χ3n) is 4.42. The van der Waals surface area contributed by atoms with Crippen molar-refractivity contribution in [2.24, 2.45) is 0 Å². The smallest absolute Gasteiger partial charge is 0.322 e. The van der Waals surface area contributed by atoms with Crippen LogP contribution >= 0.6 is 0 Å². The Morgan fingerprint density at radius 1 is 1.04 bits per heavy atom. The fraction of sp³-hybridized carbons (Fsp3) is 0.235. The van der Waals surface area contributed by atoms with Gasteiger partial charge in [-0.1, -0.05) is 12.1 Å². The molecule has 0 aliphatic carbocycles. The van der Waals surface area contributed by atoms with Gasteiger partial charge in [-0.25, -0.2) is 0 Å². The van der Waals surface area contributed by atoms with Crippen LogP contribution in [-0.4, -0.2) is 28.4 Å². The van der Waals surface area contributed by atoms with Crippen molar-refractivity contribution >= 4 is 33.2 Å². The number of alkyl halides is 3. The van der Waals surface area contributed by atoms with Crippen LogP contribution < -0.4 is 13.9 Å². The lowest BCUT2D eigenvalue weighted by atomic mass is 10.1. The minimum atomic E-state index is -4.67. The highest BCUT2D eigenvalue weighted by molar-refractivity contribution is 7.94. The molecule has 0 aromatic heterocycles. The Kier molecular flexibility index (Phi) is 4.34. The molecule has 1 amide bonds. The Morgan fingerprint density at radius 3 is 2.19 bits per heavy atom. The molecule has 0 fully saturated rings. The summed E-state index contributed by atoms with van der Waals surface area (Å²) in [7, 11) is -0.941. The molecule has 3 rings (SSSR count). The van der Waals surface area contributed by atoms with Gasteiger partial charge in [-0.05, 0) is 36.8 Å². The highest BCUT2D eigenvalue weighted by Gasteiger charge is 2.37. The number of amides is 1. The predicted molar refractivity (Wildman–Crippen MR) is 96.3 cm³/mol. The second kappa shape index (κ2) is 6.15. The van der Waals surface area contributed by atoms with Gasteiger partial charge in [-0.2, -0.15) is 21.6 Å².